The highest BCUT2D eigenvalue weighted by molar-refractivity contribution is 8.22. The molecule has 0 amide bonds. The quantitative estimate of drug-likeness (QED) is 0.658. The molecule has 1 rings (SSSR count). The molecular weight excluding hydrogens is 174 g/mol. The summed E-state index contributed by atoms with van der Waals surface area (Å²) in [5.74, 6) is 0. The Morgan fingerprint density at radius 2 is 2.22 bits per heavy atom. The van der Waals surface area contributed by atoms with Crippen LogP contribution in [0.25, 0.3) is 0 Å². The molecule has 0 spiro atoms. The Morgan fingerprint density at radius 1 is 1.56 bits per heavy atom. The lowest BCUT2D eigenvalue weighted by molar-refractivity contribution is 1.16. The molecule has 0 atom stereocenters. The molecule has 0 fully saturated rings. The van der Waals surface area contributed by atoms with Gasteiger partial charge in [0.05, 0.1) is 14.9 Å². The average molecular weight is 180 g/mol. The molecule has 0 aliphatic carbocycles. The molecule has 0 saturated carbocycles. The van der Waals surface area contributed by atoms with Crippen LogP contribution in [0.3, 0.4) is 0 Å². The first kappa shape index (κ1) is 7.38. The molecule has 1 aromatic rings. The van der Waals surface area contributed by atoms with Gasteiger partial charge in [-0.2, -0.15) is 0 Å². The second-order valence-electron chi connectivity index (χ2n) is 1.68. The SMILES string of the molecule is Cc1nc(C)c(SCl)s1. The summed E-state index contributed by atoms with van der Waals surface area (Å²) in [5, 5.41) is 1.08. The summed E-state index contributed by atoms with van der Waals surface area (Å²) in [7, 11) is 6.78. The Balaban J connectivity index is 3.01. The molecule has 50 valence electrons. The van der Waals surface area contributed by atoms with Crippen LogP contribution in [-0.2, 0) is 0 Å². The lowest BCUT2D eigenvalue weighted by atomic mass is 10.6. The summed E-state index contributed by atoms with van der Waals surface area (Å²) in [6.07, 6.45) is 0. The first-order valence-electron chi connectivity index (χ1n) is 2.46. The first-order chi connectivity index (χ1) is 4.24. The van der Waals surface area contributed by atoms with Crippen LogP contribution in [0.2, 0.25) is 0 Å². The fourth-order valence-electron chi connectivity index (χ4n) is 0.584. The van der Waals surface area contributed by atoms with Crippen LogP contribution >= 0.6 is 33.0 Å². The van der Waals surface area contributed by atoms with Gasteiger partial charge in [-0.25, -0.2) is 4.98 Å². The van der Waals surface area contributed by atoms with Gasteiger partial charge < -0.3 is 0 Å². The molecule has 1 heterocycles. The number of nitrogens with zero attached hydrogens (tertiary/aromatic N) is 1. The van der Waals surface area contributed by atoms with Gasteiger partial charge in [-0.05, 0) is 35.5 Å². The predicted octanol–water partition coefficient (Wildman–Crippen LogP) is 3.01. The first-order valence-corrected chi connectivity index (χ1v) is 4.92. The minimum atomic E-state index is 1.04. The van der Waals surface area contributed by atoms with E-state index in [-0.39, 0.29) is 0 Å². The van der Waals surface area contributed by atoms with Crippen LogP contribution in [0.5, 0.6) is 0 Å². The topological polar surface area (TPSA) is 12.9 Å². The summed E-state index contributed by atoms with van der Waals surface area (Å²) >= 11 is 1.63. The molecule has 0 aliphatic heterocycles. The van der Waals surface area contributed by atoms with E-state index in [1.54, 1.807) is 11.3 Å². The van der Waals surface area contributed by atoms with E-state index in [0.717, 1.165) is 14.9 Å². The molecule has 0 N–H and O–H groups in total. The van der Waals surface area contributed by atoms with Crippen molar-refractivity contribution in [2.24, 2.45) is 0 Å². The highest BCUT2D eigenvalue weighted by atomic mass is 35.7. The van der Waals surface area contributed by atoms with E-state index in [2.05, 4.69) is 4.98 Å². The molecule has 0 aliphatic rings. The molecule has 0 saturated heterocycles. The maximum atomic E-state index is 5.53. The Kier molecular flexibility index (Phi) is 2.38. The lowest BCUT2D eigenvalue weighted by Gasteiger charge is -1.82. The molecule has 0 bridgehead atoms. The summed E-state index contributed by atoms with van der Waals surface area (Å²) in [5.41, 5.74) is 1.04. The fourth-order valence-corrected chi connectivity index (χ4v) is 2.49. The fraction of sp³-hybridized carbons (Fsp3) is 0.400. The van der Waals surface area contributed by atoms with Gasteiger partial charge in [0.2, 0.25) is 0 Å². The van der Waals surface area contributed by atoms with Crippen LogP contribution < -0.4 is 0 Å². The van der Waals surface area contributed by atoms with E-state index in [4.69, 9.17) is 10.7 Å². The zero-order chi connectivity index (χ0) is 6.85. The Labute approximate surface area is 67.0 Å². The van der Waals surface area contributed by atoms with Crippen molar-refractivity contribution in [3.63, 3.8) is 0 Å². The minimum Gasteiger partial charge on any atom is -0.246 e. The van der Waals surface area contributed by atoms with E-state index in [1.165, 1.54) is 11.0 Å². The molecule has 1 aromatic heterocycles. The van der Waals surface area contributed by atoms with Crippen molar-refractivity contribution >= 4 is 33.0 Å². The normalized spacial score (nSPS) is 10.1. The van der Waals surface area contributed by atoms with Gasteiger partial charge in [-0.15, -0.1) is 11.3 Å². The van der Waals surface area contributed by atoms with Crippen molar-refractivity contribution in [3.05, 3.63) is 10.7 Å². The average Bonchev–Trinajstić information content (AvgIpc) is 2.10. The minimum absolute atomic E-state index is 1.04. The second-order valence-corrected chi connectivity index (χ2v) is 4.17. The number of rotatable bonds is 1. The largest absolute Gasteiger partial charge is 0.246 e. The highest BCUT2D eigenvalue weighted by Gasteiger charge is 2.02. The number of hydrogen-bond acceptors (Lipinski definition) is 3. The van der Waals surface area contributed by atoms with E-state index in [9.17, 15) is 0 Å². The number of hydrogen-bond donors (Lipinski definition) is 0. The van der Waals surface area contributed by atoms with Gasteiger partial charge in [-0.1, -0.05) is 0 Å². The van der Waals surface area contributed by atoms with E-state index < -0.39 is 0 Å². The van der Waals surface area contributed by atoms with Gasteiger partial charge >= 0.3 is 0 Å². The third-order valence-corrected chi connectivity index (χ3v) is 3.47. The van der Waals surface area contributed by atoms with Crippen LogP contribution in [0.15, 0.2) is 4.21 Å². The van der Waals surface area contributed by atoms with Crippen LogP contribution in [0, 0.1) is 13.8 Å². The maximum absolute atomic E-state index is 5.53. The summed E-state index contributed by atoms with van der Waals surface area (Å²) < 4.78 is 1.11. The van der Waals surface area contributed by atoms with Crippen molar-refractivity contribution in [3.8, 4) is 0 Å². The van der Waals surface area contributed by atoms with Gasteiger partial charge in [-0.3, -0.25) is 0 Å². The third kappa shape index (κ3) is 1.60. The van der Waals surface area contributed by atoms with Crippen LogP contribution in [0.4, 0.5) is 0 Å². The zero-order valence-electron chi connectivity index (χ0n) is 5.14. The van der Waals surface area contributed by atoms with Gasteiger partial charge in [0.1, 0.15) is 0 Å². The van der Waals surface area contributed by atoms with Crippen molar-refractivity contribution in [1.29, 1.82) is 0 Å². The second kappa shape index (κ2) is 2.90. The highest BCUT2D eigenvalue weighted by Crippen LogP contribution is 2.30. The van der Waals surface area contributed by atoms with Crippen molar-refractivity contribution < 1.29 is 0 Å². The summed E-state index contributed by atoms with van der Waals surface area (Å²) in [4.78, 5) is 4.20. The Morgan fingerprint density at radius 3 is 2.44 bits per heavy atom. The van der Waals surface area contributed by atoms with Gasteiger partial charge in [0, 0.05) is 0 Å². The molecule has 9 heavy (non-hydrogen) atoms. The van der Waals surface area contributed by atoms with E-state index in [1.807, 2.05) is 13.8 Å². The standard InChI is InChI=1S/C5H6ClNS2/c1-3-5(9-6)8-4(2)7-3/h1-2H3. The van der Waals surface area contributed by atoms with Crippen molar-refractivity contribution in [2.45, 2.75) is 18.1 Å². The number of aryl methyl sites for hydroxylation is 2. The molecule has 1 nitrogen and oxygen atoms in total. The smallest absolute Gasteiger partial charge is 0.0986 e. The van der Waals surface area contributed by atoms with Crippen molar-refractivity contribution in [2.75, 3.05) is 0 Å². The molecule has 0 unspecified atom stereocenters. The number of thiazole rings is 1. The molecular formula is C5H6ClNS2. The number of aromatic nitrogens is 1. The molecule has 0 aromatic carbocycles. The van der Waals surface area contributed by atoms with E-state index in [0.29, 0.717) is 0 Å². The third-order valence-electron chi connectivity index (χ3n) is 0.931. The molecule has 0 radical (unpaired) electrons. The Bertz CT molecular complexity index is 209. The lowest BCUT2D eigenvalue weighted by Crippen LogP contribution is -1.70. The number of halogens is 1. The summed E-state index contributed by atoms with van der Waals surface area (Å²) in [6.45, 7) is 3.95. The van der Waals surface area contributed by atoms with Gasteiger partial charge in [0.25, 0.3) is 0 Å². The van der Waals surface area contributed by atoms with Gasteiger partial charge in [0.15, 0.2) is 0 Å². The van der Waals surface area contributed by atoms with Crippen LogP contribution in [0.1, 0.15) is 10.7 Å². The van der Waals surface area contributed by atoms with Crippen LogP contribution in [-0.4, -0.2) is 4.98 Å². The zero-order valence-corrected chi connectivity index (χ0v) is 7.53. The Hall–Kier alpha value is 0.270. The predicted molar refractivity (Wildman–Crippen MR) is 43.3 cm³/mol. The monoisotopic (exact) mass is 179 g/mol. The van der Waals surface area contributed by atoms with Crippen molar-refractivity contribution in [1.82, 2.24) is 4.98 Å². The maximum Gasteiger partial charge on any atom is 0.0986 e. The van der Waals surface area contributed by atoms with E-state index >= 15 is 0 Å². The summed E-state index contributed by atoms with van der Waals surface area (Å²) in [6, 6.07) is 0. The molecule has 4 heteroatoms.